The highest BCUT2D eigenvalue weighted by Gasteiger charge is 2.54. The molecule has 0 amide bonds. The highest BCUT2D eigenvalue weighted by atomic mass is 35.5. The first kappa shape index (κ1) is 24.9. The fourth-order valence-electron chi connectivity index (χ4n) is 6.37. The lowest BCUT2D eigenvalue weighted by atomic mass is 9.59. The molecule has 2 N–H and O–H groups in total. The van der Waals surface area contributed by atoms with Crippen LogP contribution in [0.2, 0.25) is 5.02 Å². The molecule has 0 aromatic heterocycles. The van der Waals surface area contributed by atoms with Gasteiger partial charge >= 0.3 is 5.97 Å². The van der Waals surface area contributed by atoms with Crippen LogP contribution >= 0.6 is 11.6 Å². The van der Waals surface area contributed by atoms with E-state index in [1.54, 1.807) is 7.11 Å². The van der Waals surface area contributed by atoms with Gasteiger partial charge in [0.05, 0.1) is 14.2 Å². The minimum atomic E-state index is -0.796. The molecular weight excluding hydrogens is 450 g/mol. The standard InChI is InChI=1S/C28H36ClNO4/c1-18(17-31)12-21-14-20-13-19(2)25(33-3)16-24(20)27(21)8-10-28(11-9-27,26(32)34-4)30-23-7-5-6-22(29)15-23/h5-7,13,15-16,18,21,30-31H,8-12,14,17H2,1-4H3/t18-,21+,27?,28?/m1/s1. The molecule has 34 heavy (non-hydrogen) atoms. The summed E-state index contributed by atoms with van der Waals surface area (Å²) in [6.45, 7) is 4.39. The Morgan fingerprint density at radius 3 is 2.56 bits per heavy atom. The van der Waals surface area contributed by atoms with Gasteiger partial charge in [-0.2, -0.15) is 0 Å². The van der Waals surface area contributed by atoms with Crippen molar-refractivity contribution in [3.8, 4) is 5.75 Å². The molecule has 2 aromatic carbocycles. The molecule has 4 rings (SSSR count). The number of esters is 1. The lowest BCUT2D eigenvalue weighted by Crippen LogP contribution is -2.53. The number of hydrogen-bond donors (Lipinski definition) is 2. The summed E-state index contributed by atoms with van der Waals surface area (Å²) < 4.78 is 11.0. The Morgan fingerprint density at radius 2 is 1.94 bits per heavy atom. The molecule has 1 spiro atoms. The third-order valence-electron chi connectivity index (χ3n) is 8.18. The number of hydrogen-bond acceptors (Lipinski definition) is 5. The SMILES string of the molecule is COC(=O)C1(Nc2cccc(Cl)c2)CCC2(CC1)c1cc(OC)c(C)cc1C[C@@H]2C[C@@H](C)CO. The van der Waals surface area contributed by atoms with Crippen molar-refractivity contribution in [3.05, 3.63) is 58.1 Å². The average Bonchev–Trinajstić information content (AvgIpc) is 3.10. The van der Waals surface area contributed by atoms with E-state index < -0.39 is 5.54 Å². The van der Waals surface area contributed by atoms with Gasteiger partial charge in [0.1, 0.15) is 11.3 Å². The van der Waals surface area contributed by atoms with Crippen molar-refractivity contribution in [2.45, 2.75) is 63.3 Å². The smallest absolute Gasteiger partial charge is 0.331 e. The number of fused-ring (bicyclic) bond motifs is 2. The topological polar surface area (TPSA) is 67.8 Å². The second-order valence-electron chi connectivity index (χ2n) is 10.3. The van der Waals surface area contributed by atoms with E-state index in [0.717, 1.165) is 42.7 Å². The first-order valence-electron chi connectivity index (χ1n) is 12.2. The molecule has 0 saturated heterocycles. The monoisotopic (exact) mass is 485 g/mol. The molecule has 0 radical (unpaired) electrons. The molecule has 1 saturated carbocycles. The number of aryl methyl sites for hydroxylation is 1. The lowest BCUT2D eigenvalue weighted by molar-refractivity contribution is -0.148. The minimum absolute atomic E-state index is 0.0483. The first-order chi connectivity index (χ1) is 16.3. The van der Waals surface area contributed by atoms with E-state index >= 15 is 0 Å². The normalized spacial score (nSPS) is 26.7. The van der Waals surface area contributed by atoms with Crippen LogP contribution in [0.3, 0.4) is 0 Å². The second-order valence-corrected chi connectivity index (χ2v) is 10.7. The van der Waals surface area contributed by atoms with E-state index in [0.29, 0.717) is 23.8 Å². The van der Waals surface area contributed by atoms with E-state index in [9.17, 15) is 9.90 Å². The average molecular weight is 486 g/mol. The highest BCUT2D eigenvalue weighted by Crippen LogP contribution is 2.57. The van der Waals surface area contributed by atoms with E-state index in [1.807, 2.05) is 24.3 Å². The third kappa shape index (κ3) is 4.40. The van der Waals surface area contributed by atoms with Crippen LogP contribution in [-0.2, 0) is 21.4 Å². The van der Waals surface area contributed by atoms with Crippen LogP contribution in [0.1, 0.15) is 55.7 Å². The summed E-state index contributed by atoms with van der Waals surface area (Å²) in [5, 5.41) is 13.9. The number of carbonyl (C=O) groups is 1. The molecule has 2 aliphatic carbocycles. The third-order valence-corrected chi connectivity index (χ3v) is 8.42. The van der Waals surface area contributed by atoms with Crippen LogP contribution in [0.5, 0.6) is 5.75 Å². The van der Waals surface area contributed by atoms with E-state index in [4.69, 9.17) is 21.1 Å². The summed E-state index contributed by atoms with van der Waals surface area (Å²) in [4.78, 5) is 13.1. The zero-order valence-electron chi connectivity index (χ0n) is 20.6. The Bertz CT molecular complexity index is 1040. The molecule has 6 heteroatoms. The zero-order valence-corrected chi connectivity index (χ0v) is 21.4. The van der Waals surface area contributed by atoms with Crippen LogP contribution in [0.4, 0.5) is 5.69 Å². The van der Waals surface area contributed by atoms with Crippen molar-refractivity contribution in [2.75, 3.05) is 26.1 Å². The minimum Gasteiger partial charge on any atom is -0.496 e. The van der Waals surface area contributed by atoms with Gasteiger partial charge in [0.2, 0.25) is 0 Å². The second kappa shape index (κ2) is 9.79. The quantitative estimate of drug-likeness (QED) is 0.493. The lowest BCUT2D eigenvalue weighted by Gasteiger charge is -2.47. The first-order valence-corrected chi connectivity index (χ1v) is 12.6. The number of benzene rings is 2. The van der Waals surface area contributed by atoms with Gasteiger partial charge in [-0.05, 0) is 104 Å². The fourth-order valence-corrected chi connectivity index (χ4v) is 6.56. The number of ether oxygens (including phenoxy) is 2. The predicted octanol–water partition coefficient (Wildman–Crippen LogP) is 5.68. The van der Waals surface area contributed by atoms with Crippen LogP contribution < -0.4 is 10.1 Å². The van der Waals surface area contributed by atoms with Gasteiger partial charge < -0.3 is 19.9 Å². The Hall–Kier alpha value is -2.24. The van der Waals surface area contributed by atoms with E-state index in [2.05, 4.69) is 31.3 Å². The molecule has 0 heterocycles. The van der Waals surface area contributed by atoms with Crippen molar-refractivity contribution >= 4 is 23.3 Å². The highest BCUT2D eigenvalue weighted by molar-refractivity contribution is 6.30. The van der Waals surface area contributed by atoms with Gasteiger partial charge in [0.25, 0.3) is 0 Å². The molecular formula is C28H36ClNO4. The Labute approximate surface area is 207 Å². The maximum atomic E-state index is 13.1. The number of nitrogens with one attached hydrogen (secondary N) is 1. The zero-order chi connectivity index (χ0) is 24.5. The van der Waals surface area contributed by atoms with Crippen molar-refractivity contribution < 1.29 is 19.4 Å². The van der Waals surface area contributed by atoms with Gasteiger partial charge in [-0.3, -0.25) is 0 Å². The van der Waals surface area contributed by atoms with Gasteiger partial charge in [-0.15, -0.1) is 0 Å². The number of halogens is 1. The van der Waals surface area contributed by atoms with Crippen molar-refractivity contribution in [2.24, 2.45) is 11.8 Å². The van der Waals surface area contributed by atoms with Crippen molar-refractivity contribution in [1.82, 2.24) is 0 Å². The van der Waals surface area contributed by atoms with Crippen molar-refractivity contribution in [1.29, 1.82) is 0 Å². The van der Waals surface area contributed by atoms with E-state index in [-0.39, 0.29) is 23.9 Å². The Kier molecular flexibility index (Phi) is 7.16. The molecule has 0 unspecified atom stereocenters. The van der Waals surface area contributed by atoms with Crippen LogP contribution in [0.15, 0.2) is 36.4 Å². The number of aliphatic hydroxyl groups is 1. The van der Waals surface area contributed by atoms with Crippen LogP contribution in [0, 0.1) is 18.8 Å². The summed E-state index contributed by atoms with van der Waals surface area (Å²) in [7, 11) is 3.18. The predicted molar refractivity (Wildman–Crippen MR) is 136 cm³/mol. The summed E-state index contributed by atoms with van der Waals surface area (Å²) in [5.74, 6) is 1.33. The molecule has 5 nitrogen and oxygen atoms in total. The largest absolute Gasteiger partial charge is 0.496 e. The van der Waals surface area contributed by atoms with Crippen LogP contribution in [0.25, 0.3) is 0 Å². The molecule has 2 atom stereocenters. The van der Waals surface area contributed by atoms with Gasteiger partial charge in [-0.25, -0.2) is 4.79 Å². The summed E-state index contributed by atoms with van der Waals surface area (Å²) in [6, 6.07) is 12.0. The molecule has 1 fully saturated rings. The number of aliphatic hydroxyl groups excluding tert-OH is 1. The Morgan fingerprint density at radius 1 is 1.21 bits per heavy atom. The molecule has 0 bridgehead atoms. The van der Waals surface area contributed by atoms with Gasteiger partial charge in [0, 0.05) is 17.3 Å². The number of methoxy groups -OCH3 is 2. The number of anilines is 1. The number of rotatable bonds is 7. The van der Waals surface area contributed by atoms with E-state index in [1.165, 1.54) is 18.2 Å². The molecule has 2 aliphatic rings. The molecule has 0 aliphatic heterocycles. The van der Waals surface area contributed by atoms with Crippen LogP contribution in [-0.4, -0.2) is 37.4 Å². The Balaban J connectivity index is 1.70. The maximum absolute atomic E-state index is 13.1. The molecule has 184 valence electrons. The van der Waals surface area contributed by atoms with Crippen molar-refractivity contribution in [3.63, 3.8) is 0 Å². The van der Waals surface area contributed by atoms with Gasteiger partial charge in [-0.1, -0.05) is 30.7 Å². The summed E-state index contributed by atoms with van der Waals surface area (Å²) in [5.41, 5.74) is 3.86. The van der Waals surface area contributed by atoms with Gasteiger partial charge in [0.15, 0.2) is 0 Å². The number of carbonyl (C=O) groups excluding carboxylic acids is 1. The fraction of sp³-hybridized carbons (Fsp3) is 0.536. The summed E-state index contributed by atoms with van der Waals surface area (Å²) >= 11 is 6.21. The molecule has 2 aromatic rings. The summed E-state index contributed by atoms with van der Waals surface area (Å²) in [6.07, 6.45) is 4.99. The maximum Gasteiger partial charge on any atom is 0.331 e.